The van der Waals surface area contributed by atoms with Crippen LogP contribution in [0.4, 0.5) is 11.4 Å². The number of benzene rings is 3. The monoisotopic (exact) mass is 499 g/mol. The number of nitrogens with one attached hydrogen (secondary N) is 2. The average Bonchev–Trinajstić information content (AvgIpc) is 2.83. The summed E-state index contributed by atoms with van der Waals surface area (Å²) in [6.45, 7) is 3.35. The number of amides is 2. The zero-order valence-electron chi connectivity index (χ0n) is 18.9. The van der Waals surface area contributed by atoms with E-state index < -0.39 is 22.5 Å². The van der Waals surface area contributed by atoms with Gasteiger partial charge in [0.25, 0.3) is 15.9 Å². The Morgan fingerprint density at radius 2 is 1.56 bits per heavy atom. The highest BCUT2D eigenvalue weighted by molar-refractivity contribution is 7.92. The summed E-state index contributed by atoms with van der Waals surface area (Å²) < 4.78 is 27.8. The maximum atomic E-state index is 13.4. The van der Waals surface area contributed by atoms with Gasteiger partial charge in [-0.2, -0.15) is 0 Å². The van der Waals surface area contributed by atoms with Gasteiger partial charge in [-0.05, 0) is 61.9 Å². The second kappa shape index (κ2) is 11.2. The van der Waals surface area contributed by atoms with Gasteiger partial charge >= 0.3 is 0 Å². The summed E-state index contributed by atoms with van der Waals surface area (Å²) >= 11 is 5.91. The van der Waals surface area contributed by atoms with Crippen LogP contribution < -0.4 is 14.9 Å². The summed E-state index contributed by atoms with van der Waals surface area (Å²) in [6.07, 6.45) is 0.759. The molecule has 0 heterocycles. The van der Waals surface area contributed by atoms with Gasteiger partial charge in [0.1, 0.15) is 6.54 Å². The van der Waals surface area contributed by atoms with Gasteiger partial charge in [-0.25, -0.2) is 8.42 Å². The van der Waals surface area contributed by atoms with E-state index in [1.165, 1.54) is 24.3 Å². The van der Waals surface area contributed by atoms with Crippen LogP contribution in [-0.4, -0.2) is 32.8 Å². The van der Waals surface area contributed by atoms with Crippen molar-refractivity contribution in [3.63, 3.8) is 0 Å². The molecule has 0 spiro atoms. The lowest BCUT2D eigenvalue weighted by atomic mass is 10.1. The third kappa shape index (κ3) is 6.15. The molecule has 0 fully saturated rings. The highest BCUT2D eigenvalue weighted by atomic mass is 35.5. The highest BCUT2D eigenvalue weighted by Gasteiger charge is 2.27. The molecule has 178 valence electrons. The number of nitrogens with zero attached hydrogens (tertiary/aromatic N) is 1. The van der Waals surface area contributed by atoms with Crippen molar-refractivity contribution < 1.29 is 18.0 Å². The Hall–Kier alpha value is -3.36. The van der Waals surface area contributed by atoms with E-state index in [-0.39, 0.29) is 16.8 Å². The molecule has 2 amide bonds. The second-order valence-corrected chi connectivity index (χ2v) is 9.98. The van der Waals surface area contributed by atoms with Crippen LogP contribution in [0.15, 0.2) is 83.8 Å². The number of sulfonamides is 1. The van der Waals surface area contributed by atoms with Gasteiger partial charge in [0.2, 0.25) is 5.91 Å². The minimum absolute atomic E-state index is 0.00174. The number of anilines is 2. The molecule has 1 atom stereocenters. The number of halogens is 1. The summed E-state index contributed by atoms with van der Waals surface area (Å²) in [4.78, 5) is 25.7. The van der Waals surface area contributed by atoms with Gasteiger partial charge < -0.3 is 10.6 Å². The lowest BCUT2D eigenvalue weighted by Gasteiger charge is -2.24. The molecule has 0 saturated carbocycles. The SMILES string of the molecule is CCC(C)NC(=O)c1ccccc1NC(=O)CN(c1ccccc1)S(=O)(=O)c1ccc(Cl)cc1. The number of carbonyl (C=O) groups excluding carboxylic acids is 2. The van der Waals surface area contributed by atoms with Crippen molar-refractivity contribution in [3.05, 3.63) is 89.4 Å². The molecule has 3 rings (SSSR count). The van der Waals surface area contributed by atoms with E-state index in [0.29, 0.717) is 22.0 Å². The second-order valence-electron chi connectivity index (χ2n) is 7.68. The summed E-state index contributed by atoms with van der Waals surface area (Å²) in [5, 5.41) is 5.96. The van der Waals surface area contributed by atoms with Crippen LogP contribution >= 0.6 is 11.6 Å². The molecule has 2 N–H and O–H groups in total. The quantitative estimate of drug-likeness (QED) is 0.446. The Morgan fingerprint density at radius 1 is 0.941 bits per heavy atom. The molecule has 7 nitrogen and oxygen atoms in total. The topological polar surface area (TPSA) is 95.6 Å². The number of hydrogen-bond acceptors (Lipinski definition) is 4. The van der Waals surface area contributed by atoms with E-state index in [2.05, 4.69) is 10.6 Å². The number of rotatable bonds is 9. The maximum Gasteiger partial charge on any atom is 0.264 e. The minimum Gasteiger partial charge on any atom is -0.350 e. The Morgan fingerprint density at radius 3 is 2.21 bits per heavy atom. The molecular weight excluding hydrogens is 474 g/mol. The molecule has 3 aromatic rings. The van der Waals surface area contributed by atoms with Crippen molar-refractivity contribution in [3.8, 4) is 0 Å². The van der Waals surface area contributed by atoms with Gasteiger partial charge in [-0.1, -0.05) is 48.9 Å². The molecule has 0 bridgehead atoms. The predicted molar refractivity (Wildman–Crippen MR) is 135 cm³/mol. The average molecular weight is 500 g/mol. The summed E-state index contributed by atoms with van der Waals surface area (Å²) in [7, 11) is -4.07. The molecule has 0 radical (unpaired) electrons. The molecule has 1 unspecified atom stereocenters. The Balaban J connectivity index is 1.88. The molecule has 0 aromatic heterocycles. The van der Waals surface area contributed by atoms with Crippen molar-refractivity contribution in [2.75, 3.05) is 16.2 Å². The van der Waals surface area contributed by atoms with Gasteiger partial charge in [0.15, 0.2) is 0 Å². The van der Waals surface area contributed by atoms with Gasteiger partial charge in [0, 0.05) is 11.1 Å². The van der Waals surface area contributed by atoms with Gasteiger partial charge in [-0.3, -0.25) is 13.9 Å². The van der Waals surface area contributed by atoms with Gasteiger partial charge in [-0.15, -0.1) is 0 Å². The largest absolute Gasteiger partial charge is 0.350 e. The molecule has 0 aliphatic carbocycles. The van der Waals surface area contributed by atoms with Crippen LogP contribution in [-0.2, 0) is 14.8 Å². The first-order chi connectivity index (χ1) is 16.2. The standard InChI is InChI=1S/C25H26ClN3O4S/c1-3-18(2)27-25(31)22-11-7-8-12-23(22)28-24(30)17-29(20-9-5-4-6-10-20)34(32,33)21-15-13-19(26)14-16-21/h4-16,18H,3,17H2,1-2H3,(H,27,31)(H,28,30). The summed E-state index contributed by atoms with van der Waals surface area (Å²) in [6, 6.07) is 20.6. The lowest BCUT2D eigenvalue weighted by molar-refractivity contribution is -0.114. The first-order valence-corrected chi connectivity index (χ1v) is 12.6. The van der Waals surface area contributed by atoms with Crippen molar-refractivity contribution in [2.24, 2.45) is 0 Å². The maximum absolute atomic E-state index is 13.4. The van der Waals surface area contributed by atoms with Crippen LogP contribution in [0.1, 0.15) is 30.6 Å². The highest BCUT2D eigenvalue weighted by Crippen LogP contribution is 2.25. The number of hydrogen-bond donors (Lipinski definition) is 2. The fourth-order valence-corrected chi connectivity index (χ4v) is 4.70. The van der Waals surface area contributed by atoms with Crippen LogP contribution in [0.5, 0.6) is 0 Å². The number of para-hydroxylation sites is 2. The summed E-state index contributed by atoms with van der Waals surface area (Å²) in [5.41, 5.74) is 0.920. The zero-order chi connectivity index (χ0) is 24.7. The third-order valence-electron chi connectivity index (χ3n) is 5.17. The molecule has 9 heteroatoms. The van der Waals surface area contributed by atoms with Crippen molar-refractivity contribution in [2.45, 2.75) is 31.2 Å². The van der Waals surface area contributed by atoms with Crippen LogP contribution in [0, 0.1) is 0 Å². The number of carbonyl (C=O) groups is 2. The molecule has 0 saturated heterocycles. The van der Waals surface area contributed by atoms with E-state index >= 15 is 0 Å². The Bertz CT molecular complexity index is 1250. The van der Waals surface area contributed by atoms with Crippen LogP contribution in [0.2, 0.25) is 5.02 Å². The molecule has 3 aromatic carbocycles. The first-order valence-electron chi connectivity index (χ1n) is 10.8. The van der Waals surface area contributed by atoms with E-state index in [1.807, 2.05) is 13.8 Å². The van der Waals surface area contributed by atoms with Crippen molar-refractivity contribution in [1.29, 1.82) is 0 Å². The van der Waals surface area contributed by atoms with Crippen molar-refractivity contribution >= 4 is 44.8 Å². The van der Waals surface area contributed by atoms with E-state index in [4.69, 9.17) is 11.6 Å². The fourth-order valence-electron chi connectivity index (χ4n) is 3.16. The van der Waals surface area contributed by atoms with Crippen molar-refractivity contribution in [1.82, 2.24) is 5.32 Å². The van der Waals surface area contributed by atoms with E-state index in [0.717, 1.165) is 10.7 Å². The Labute approximate surface area is 204 Å². The molecular formula is C25H26ClN3O4S. The lowest BCUT2D eigenvalue weighted by Crippen LogP contribution is -2.38. The van der Waals surface area contributed by atoms with Gasteiger partial charge in [0.05, 0.1) is 21.8 Å². The Kier molecular flexibility index (Phi) is 8.31. The summed E-state index contributed by atoms with van der Waals surface area (Å²) in [5.74, 6) is -0.913. The van der Waals surface area contributed by atoms with Crippen LogP contribution in [0.25, 0.3) is 0 Å². The molecule has 34 heavy (non-hydrogen) atoms. The fraction of sp³-hybridized carbons (Fsp3) is 0.200. The first kappa shape index (κ1) is 25.3. The zero-order valence-corrected chi connectivity index (χ0v) is 20.4. The van der Waals surface area contributed by atoms with E-state index in [9.17, 15) is 18.0 Å². The predicted octanol–water partition coefficient (Wildman–Crippen LogP) is 4.70. The van der Waals surface area contributed by atoms with E-state index in [1.54, 1.807) is 54.6 Å². The minimum atomic E-state index is -4.07. The smallest absolute Gasteiger partial charge is 0.264 e. The third-order valence-corrected chi connectivity index (χ3v) is 7.21. The normalized spacial score (nSPS) is 12.0. The van der Waals surface area contributed by atoms with Crippen LogP contribution in [0.3, 0.4) is 0 Å². The molecule has 0 aliphatic heterocycles. The molecule has 0 aliphatic rings.